The number of hydrogen-bond acceptors (Lipinski definition) is 7. The van der Waals surface area contributed by atoms with Gasteiger partial charge in [0.2, 0.25) is 0 Å². The van der Waals surface area contributed by atoms with E-state index >= 15 is 0 Å². The van der Waals surface area contributed by atoms with Crippen molar-refractivity contribution in [2.45, 2.75) is 213 Å². The first kappa shape index (κ1) is 56.2. The second-order valence-corrected chi connectivity index (χ2v) is 18.6. The van der Waals surface area contributed by atoms with Crippen molar-refractivity contribution in [3.05, 3.63) is 36.5 Å². The Bertz CT molecular complexity index is 1090. The molecule has 10 heteroatoms. The summed E-state index contributed by atoms with van der Waals surface area (Å²) in [4.78, 5) is 35.4. The summed E-state index contributed by atoms with van der Waals surface area (Å²) in [5.41, 5.74) is 0. The van der Waals surface area contributed by atoms with Crippen LogP contribution in [0.5, 0.6) is 0 Å². The van der Waals surface area contributed by atoms with Crippen LogP contribution in [0.1, 0.15) is 206 Å². The lowest BCUT2D eigenvalue weighted by Gasteiger charge is -2.24. The average molecular weight is 841 g/mol. The van der Waals surface area contributed by atoms with Gasteiger partial charge in [-0.1, -0.05) is 159 Å². The molecule has 0 aliphatic carbocycles. The van der Waals surface area contributed by atoms with Crippen LogP contribution in [0.25, 0.3) is 0 Å². The van der Waals surface area contributed by atoms with Gasteiger partial charge in [0.05, 0.1) is 27.7 Å². The van der Waals surface area contributed by atoms with Crippen molar-refractivity contribution >= 4 is 19.8 Å². The van der Waals surface area contributed by atoms with E-state index in [4.69, 9.17) is 18.5 Å². The van der Waals surface area contributed by atoms with Crippen LogP contribution in [0.4, 0.5) is 0 Å². The lowest BCUT2D eigenvalue weighted by Crippen LogP contribution is -2.37. The number of unbranched alkanes of at least 4 members (excludes halogenated alkanes) is 23. The van der Waals surface area contributed by atoms with E-state index in [9.17, 15) is 19.0 Å². The number of nitrogens with zero attached hydrogens (tertiary/aromatic N) is 1. The summed E-state index contributed by atoms with van der Waals surface area (Å²) in [5, 5.41) is 0. The van der Waals surface area contributed by atoms with E-state index < -0.39 is 26.5 Å². The van der Waals surface area contributed by atoms with Crippen LogP contribution >= 0.6 is 7.82 Å². The van der Waals surface area contributed by atoms with Gasteiger partial charge in [0.1, 0.15) is 19.8 Å². The predicted molar refractivity (Wildman–Crippen MR) is 243 cm³/mol. The predicted octanol–water partition coefficient (Wildman–Crippen LogP) is 13.7. The number of carbonyl (C=O) groups is 2. The summed E-state index contributed by atoms with van der Waals surface area (Å²) in [6.45, 7) is 4.40. The molecule has 0 radical (unpaired) electrons. The van der Waals surface area contributed by atoms with E-state index in [0.29, 0.717) is 17.4 Å². The number of rotatable bonds is 43. The van der Waals surface area contributed by atoms with Crippen LogP contribution < -0.4 is 0 Å². The van der Waals surface area contributed by atoms with Crippen LogP contribution in [-0.2, 0) is 32.7 Å². The van der Waals surface area contributed by atoms with Gasteiger partial charge < -0.3 is 18.9 Å². The van der Waals surface area contributed by atoms with E-state index in [1.807, 2.05) is 21.1 Å². The average Bonchev–Trinajstić information content (AvgIpc) is 3.17. The highest BCUT2D eigenvalue weighted by molar-refractivity contribution is 7.47. The molecule has 0 aliphatic heterocycles. The molecule has 0 aromatic carbocycles. The Balaban J connectivity index is 4.34. The Morgan fingerprint density at radius 2 is 0.931 bits per heavy atom. The standard InChI is InChI=1S/C48H90NO8P/c1-6-8-10-12-14-16-18-20-22-24-25-27-29-31-33-35-37-39-41-48(51)57-46(45-56-58(52,53)55-43-42-49(3,4)5)44-54-47(50)40-38-36-34-32-30-28-26-23-21-19-17-15-13-11-9-7-2/h16,18,22-24,26,46H,6-15,17,19-21,25,27-45H2,1-5H3/p+1/b18-16-,24-22-,26-23-. The first-order valence-corrected chi connectivity index (χ1v) is 25.2. The molecule has 0 aromatic rings. The van der Waals surface area contributed by atoms with Crippen molar-refractivity contribution in [2.75, 3.05) is 47.5 Å². The third-order valence-corrected chi connectivity index (χ3v) is 11.1. The van der Waals surface area contributed by atoms with E-state index in [2.05, 4.69) is 50.3 Å². The minimum absolute atomic E-state index is 0.0287. The molecule has 0 aromatic heterocycles. The van der Waals surface area contributed by atoms with Crippen LogP contribution in [0.2, 0.25) is 0 Å². The van der Waals surface area contributed by atoms with Crippen molar-refractivity contribution in [3.63, 3.8) is 0 Å². The minimum Gasteiger partial charge on any atom is -0.462 e. The highest BCUT2D eigenvalue weighted by Crippen LogP contribution is 2.43. The van der Waals surface area contributed by atoms with Crippen molar-refractivity contribution in [2.24, 2.45) is 0 Å². The van der Waals surface area contributed by atoms with Gasteiger partial charge in [-0.2, -0.15) is 0 Å². The first-order valence-electron chi connectivity index (χ1n) is 23.7. The number of carbonyl (C=O) groups excluding carboxylic acids is 2. The van der Waals surface area contributed by atoms with Crippen molar-refractivity contribution in [1.29, 1.82) is 0 Å². The van der Waals surface area contributed by atoms with Crippen LogP contribution in [0.3, 0.4) is 0 Å². The summed E-state index contributed by atoms with van der Waals surface area (Å²) < 4.78 is 34.4. The van der Waals surface area contributed by atoms with Gasteiger partial charge in [0.25, 0.3) is 0 Å². The molecule has 340 valence electrons. The van der Waals surface area contributed by atoms with Gasteiger partial charge in [-0.15, -0.1) is 0 Å². The van der Waals surface area contributed by atoms with Gasteiger partial charge in [0.15, 0.2) is 6.10 Å². The summed E-state index contributed by atoms with van der Waals surface area (Å²) >= 11 is 0. The van der Waals surface area contributed by atoms with E-state index in [0.717, 1.165) is 70.6 Å². The largest absolute Gasteiger partial charge is 0.472 e. The number of allylic oxidation sites excluding steroid dienone is 6. The Kier molecular flexibility index (Phi) is 39.4. The molecule has 2 unspecified atom stereocenters. The zero-order valence-corrected chi connectivity index (χ0v) is 39.2. The molecule has 0 fully saturated rings. The fourth-order valence-electron chi connectivity index (χ4n) is 6.39. The third-order valence-electron chi connectivity index (χ3n) is 10.1. The van der Waals surface area contributed by atoms with Gasteiger partial charge in [-0.05, 0) is 70.6 Å². The van der Waals surface area contributed by atoms with Crippen LogP contribution in [0, 0.1) is 0 Å². The van der Waals surface area contributed by atoms with Crippen molar-refractivity contribution in [1.82, 2.24) is 0 Å². The Morgan fingerprint density at radius 3 is 1.40 bits per heavy atom. The highest BCUT2D eigenvalue weighted by Gasteiger charge is 2.27. The minimum atomic E-state index is -4.38. The van der Waals surface area contributed by atoms with Gasteiger partial charge >= 0.3 is 19.8 Å². The van der Waals surface area contributed by atoms with Gasteiger partial charge in [-0.25, -0.2) is 4.57 Å². The number of ether oxygens (including phenoxy) is 2. The fraction of sp³-hybridized carbons (Fsp3) is 0.833. The van der Waals surface area contributed by atoms with Crippen LogP contribution in [0.15, 0.2) is 36.5 Å². The number of likely N-dealkylation sites (N-methyl/N-ethyl adjacent to an activating group) is 1. The second kappa shape index (κ2) is 40.6. The molecule has 0 saturated carbocycles. The molecule has 0 bridgehead atoms. The van der Waals surface area contributed by atoms with Crippen molar-refractivity contribution in [3.8, 4) is 0 Å². The molecule has 0 saturated heterocycles. The number of quaternary nitrogens is 1. The Hall–Kier alpha value is -1.77. The summed E-state index contributed by atoms with van der Waals surface area (Å²) in [6, 6.07) is 0. The number of phosphoric acid groups is 1. The molecule has 0 rings (SSSR count). The molecule has 0 amide bonds. The van der Waals surface area contributed by atoms with E-state index in [1.165, 1.54) is 103 Å². The SMILES string of the molecule is CCCCCC/C=C\C/C=C\CCCCCCCCCC(=O)OC(COC(=O)CCCCCCC/C=C\CCCCCCCCC)COP(=O)(O)OCC[N+](C)(C)C. The quantitative estimate of drug-likeness (QED) is 0.0213. The van der Waals surface area contributed by atoms with E-state index in [-0.39, 0.29) is 32.0 Å². The molecule has 1 N–H and O–H groups in total. The van der Waals surface area contributed by atoms with E-state index in [1.54, 1.807) is 0 Å². The first-order chi connectivity index (χ1) is 28.0. The maximum Gasteiger partial charge on any atom is 0.472 e. The fourth-order valence-corrected chi connectivity index (χ4v) is 7.13. The maximum atomic E-state index is 12.7. The molecular weight excluding hydrogens is 750 g/mol. The number of esters is 2. The topological polar surface area (TPSA) is 108 Å². The zero-order chi connectivity index (χ0) is 42.8. The Morgan fingerprint density at radius 1 is 0.534 bits per heavy atom. The summed E-state index contributed by atoms with van der Waals surface area (Å²) in [6.07, 6.45) is 46.1. The zero-order valence-electron chi connectivity index (χ0n) is 38.3. The molecular formula is C48H91NO8P+. The lowest BCUT2D eigenvalue weighted by molar-refractivity contribution is -0.870. The molecule has 0 aliphatic rings. The molecule has 58 heavy (non-hydrogen) atoms. The number of hydrogen-bond donors (Lipinski definition) is 1. The molecule has 2 atom stereocenters. The smallest absolute Gasteiger partial charge is 0.462 e. The summed E-state index contributed by atoms with van der Waals surface area (Å²) in [7, 11) is 1.47. The third kappa shape index (κ3) is 43.8. The highest BCUT2D eigenvalue weighted by atomic mass is 31.2. The lowest BCUT2D eigenvalue weighted by atomic mass is 10.1. The Labute approximate surface area is 357 Å². The summed E-state index contributed by atoms with van der Waals surface area (Å²) in [5.74, 6) is -0.813. The second-order valence-electron chi connectivity index (χ2n) is 17.1. The normalized spacial score (nSPS) is 13.8. The molecule has 9 nitrogen and oxygen atoms in total. The monoisotopic (exact) mass is 841 g/mol. The van der Waals surface area contributed by atoms with Crippen LogP contribution in [-0.4, -0.2) is 74.9 Å². The number of phosphoric ester groups is 1. The maximum absolute atomic E-state index is 12.7. The molecule has 0 spiro atoms. The van der Waals surface area contributed by atoms with Crippen molar-refractivity contribution < 1.29 is 42.1 Å². The van der Waals surface area contributed by atoms with Gasteiger partial charge in [-0.3, -0.25) is 18.6 Å². The molecule has 0 heterocycles. The van der Waals surface area contributed by atoms with Gasteiger partial charge in [0, 0.05) is 12.8 Å².